The average Bonchev–Trinajstić information content (AvgIpc) is 3.67. The number of halogens is 5. The number of rotatable bonds is 7. The third-order valence-electron chi connectivity index (χ3n) is 7.02. The van der Waals surface area contributed by atoms with Crippen LogP contribution < -0.4 is 4.90 Å². The van der Waals surface area contributed by atoms with Crippen molar-refractivity contribution in [3.8, 4) is 17.1 Å². The summed E-state index contributed by atoms with van der Waals surface area (Å²) in [5.41, 5.74) is 1.64. The molecule has 7 nitrogen and oxygen atoms in total. The van der Waals surface area contributed by atoms with Crippen LogP contribution in [0.5, 0.6) is 0 Å². The van der Waals surface area contributed by atoms with Gasteiger partial charge < -0.3 is 9.80 Å². The van der Waals surface area contributed by atoms with E-state index in [1.54, 1.807) is 28.5 Å². The molecular formula is C30H23Cl2F3N6OS2. The van der Waals surface area contributed by atoms with Crippen LogP contribution in [0.3, 0.4) is 0 Å². The van der Waals surface area contributed by atoms with Gasteiger partial charge in [0, 0.05) is 47.8 Å². The van der Waals surface area contributed by atoms with Crippen molar-refractivity contribution in [1.29, 1.82) is 0 Å². The maximum atomic E-state index is 13.2. The van der Waals surface area contributed by atoms with Gasteiger partial charge in [0.2, 0.25) is 0 Å². The lowest BCUT2D eigenvalue weighted by Gasteiger charge is -2.36. The molecule has 1 amide bonds. The second kappa shape index (κ2) is 12.8. The lowest BCUT2D eigenvalue weighted by atomic mass is 10.1. The SMILES string of the molecule is O=C(c1csc(CSc2nnc(-c3ccccc3Cl)n2-c2cccc(Cl)c2)n1)N1CCN(c2cccc(C(F)(F)F)c2)CC1. The monoisotopic (exact) mass is 674 g/mol. The molecule has 1 saturated heterocycles. The maximum Gasteiger partial charge on any atom is 0.416 e. The molecule has 14 heteroatoms. The van der Waals surface area contributed by atoms with E-state index in [2.05, 4.69) is 15.2 Å². The minimum absolute atomic E-state index is 0.204. The highest BCUT2D eigenvalue weighted by Gasteiger charge is 2.31. The molecule has 0 radical (unpaired) electrons. The number of nitrogens with zero attached hydrogens (tertiary/aromatic N) is 6. The van der Waals surface area contributed by atoms with Gasteiger partial charge >= 0.3 is 6.18 Å². The van der Waals surface area contributed by atoms with Gasteiger partial charge in [0.15, 0.2) is 11.0 Å². The van der Waals surface area contributed by atoms with Crippen molar-refractivity contribution in [3.05, 3.63) is 104 Å². The van der Waals surface area contributed by atoms with Crippen molar-refractivity contribution >= 4 is 57.9 Å². The van der Waals surface area contributed by atoms with E-state index in [4.69, 9.17) is 23.2 Å². The van der Waals surface area contributed by atoms with Crippen molar-refractivity contribution in [2.45, 2.75) is 17.1 Å². The minimum Gasteiger partial charge on any atom is -0.368 e. The summed E-state index contributed by atoms with van der Waals surface area (Å²) in [6.45, 7) is 1.61. The van der Waals surface area contributed by atoms with Gasteiger partial charge in [0.1, 0.15) is 10.7 Å². The Morgan fingerprint density at radius 2 is 1.66 bits per heavy atom. The summed E-state index contributed by atoms with van der Waals surface area (Å²) < 4.78 is 41.3. The predicted octanol–water partition coefficient (Wildman–Crippen LogP) is 7.97. The number of benzene rings is 3. The van der Waals surface area contributed by atoms with Crippen molar-refractivity contribution in [2.24, 2.45) is 0 Å². The number of carbonyl (C=O) groups is 1. The molecule has 0 saturated carbocycles. The average molecular weight is 676 g/mol. The fourth-order valence-electron chi connectivity index (χ4n) is 4.84. The molecule has 1 aliphatic heterocycles. The zero-order valence-corrected chi connectivity index (χ0v) is 26.0. The summed E-state index contributed by atoms with van der Waals surface area (Å²) >= 11 is 15.6. The van der Waals surface area contributed by atoms with Crippen molar-refractivity contribution in [3.63, 3.8) is 0 Å². The number of thioether (sulfide) groups is 1. The third kappa shape index (κ3) is 6.58. The number of piperazine rings is 1. The maximum absolute atomic E-state index is 13.2. The Hall–Kier alpha value is -3.58. The molecule has 0 unspecified atom stereocenters. The van der Waals surface area contributed by atoms with Crippen LogP contribution in [0.2, 0.25) is 10.0 Å². The largest absolute Gasteiger partial charge is 0.416 e. The lowest BCUT2D eigenvalue weighted by Crippen LogP contribution is -2.49. The van der Waals surface area contributed by atoms with E-state index in [0.29, 0.717) is 64.3 Å². The molecule has 0 aliphatic carbocycles. The van der Waals surface area contributed by atoms with E-state index in [0.717, 1.165) is 28.4 Å². The molecule has 2 aromatic heterocycles. The van der Waals surface area contributed by atoms with Crippen molar-refractivity contribution in [1.82, 2.24) is 24.6 Å². The zero-order valence-electron chi connectivity index (χ0n) is 22.8. The van der Waals surface area contributed by atoms with Gasteiger partial charge in [-0.3, -0.25) is 9.36 Å². The number of amides is 1. The van der Waals surface area contributed by atoms with Gasteiger partial charge in [-0.05, 0) is 48.5 Å². The van der Waals surface area contributed by atoms with Crippen molar-refractivity contribution in [2.75, 3.05) is 31.1 Å². The van der Waals surface area contributed by atoms with Gasteiger partial charge in [-0.15, -0.1) is 21.5 Å². The molecule has 1 fully saturated rings. The van der Waals surface area contributed by atoms with E-state index >= 15 is 0 Å². The molecule has 6 rings (SSSR count). The number of hydrogen-bond acceptors (Lipinski definition) is 7. The van der Waals surface area contributed by atoms with Gasteiger partial charge in [-0.25, -0.2) is 4.98 Å². The highest BCUT2D eigenvalue weighted by Crippen LogP contribution is 2.35. The van der Waals surface area contributed by atoms with Gasteiger partial charge in [0.25, 0.3) is 5.91 Å². The quantitative estimate of drug-likeness (QED) is 0.163. The van der Waals surface area contributed by atoms with Crippen LogP contribution in [0.15, 0.2) is 83.3 Å². The lowest BCUT2D eigenvalue weighted by molar-refractivity contribution is -0.137. The fourth-order valence-corrected chi connectivity index (χ4v) is 6.98. The first-order valence-electron chi connectivity index (χ1n) is 13.4. The van der Waals surface area contributed by atoms with Gasteiger partial charge in [-0.1, -0.05) is 59.2 Å². The Bertz CT molecular complexity index is 1800. The molecule has 0 N–H and O–H groups in total. The van der Waals surface area contributed by atoms with Crippen LogP contribution in [0, 0.1) is 0 Å². The summed E-state index contributed by atoms with van der Waals surface area (Å²) in [5.74, 6) is 0.812. The Morgan fingerprint density at radius 3 is 2.41 bits per heavy atom. The molecule has 0 spiro atoms. The minimum atomic E-state index is -4.41. The van der Waals surface area contributed by atoms with Crippen LogP contribution in [-0.4, -0.2) is 56.7 Å². The number of aromatic nitrogens is 4. The molecule has 1 aliphatic rings. The van der Waals surface area contributed by atoms with Gasteiger partial charge in [-0.2, -0.15) is 13.2 Å². The standard InChI is InChI=1S/C30H23Cl2F3N6OS2/c31-20-6-4-8-22(16-20)41-27(23-9-1-2-10-24(23)32)37-38-29(41)44-18-26-36-25(17-43-26)28(42)40-13-11-39(12-14-40)21-7-3-5-19(15-21)30(33,34)35/h1-10,15-17H,11-14,18H2. The Balaban J connectivity index is 1.13. The summed E-state index contributed by atoms with van der Waals surface area (Å²) in [7, 11) is 0. The molecule has 226 valence electrons. The molecular weight excluding hydrogens is 652 g/mol. The zero-order chi connectivity index (χ0) is 30.8. The van der Waals surface area contributed by atoms with E-state index in [1.807, 2.05) is 45.9 Å². The van der Waals surface area contributed by atoms with Crippen molar-refractivity contribution < 1.29 is 18.0 Å². The summed E-state index contributed by atoms with van der Waals surface area (Å²) in [4.78, 5) is 21.3. The Kier molecular flexibility index (Phi) is 8.86. The number of thiazole rings is 1. The van der Waals surface area contributed by atoms with E-state index in [9.17, 15) is 18.0 Å². The molecule has 0 bridgehead atoms. The summed E-state index contributed by atoms with van der Waals surface area (Å²) in [5, 5.41) is 13.0. The van der Waals surface area contributed by atoms with E-state index in [-0.39, 0.29) is 5.91 Å². The molecule has 5 aromatic rings. The second-order valence-electron chi connectivity index (χ2n) is 9.84. The topological polar surface area (TPSA) is 67.2 Å². The first-order valence-corrected chi connectivity index (χ1v) is 16.0. The van der Waals surface area contributed by atoms with Crippen LogP contribution in [0.25, 0.3) is 17.1 Å². The first-order chi connectivity index (χ1) is 21.2. The molecule has 0 atom stereocenters. The van der Waals surface area contributed by atoms with Crippen LogP contribution in [0.1, 0.15) is 21.1 Å². The third-order valence-corrected chi connectivity index (χ3v) is 9.55. The summed E-state index contributed by atoms with van der Waals surface area (Å²) in [6, 6.07) is 20.0. The van der Waals surface area contributed by atoms with E-state index in [1.165, 1.54) is 29.2 Å². The Labute approximate surface area is 269 Å². The fraction of sp³-hybridized carbons (Fsp3) is 0.200. The predicted molar refractivity (Wildman–Crippen MR) is 168 cm³/mol. The number of carbonyl (C=O) groups excluding carboxylic acids is 1. The highest BCUT2D eigenvalue weighted by atomic mass is 35.5. The van der Waals surface area contributed by atoms with Crippen LogP contribution in [0.4, 0.5) is 18.9 Å². The first kappa shape index (κ1) is 30.4. The molecule has 44 heavy (non-hydrogen) atoms. The van der Waals surface area contributed by atoms with Crippen LogP contribution in [-0.2, 0) is 11.9 Å². The van der Waals surface area contributed by atoms with Crippen LogP contribution >= 0.6 is 46.3 Å². The smallest absolute Gasteiger partial charge is 0.368 e. The number of hydrogen-bond donors (Lipinski definition) is 0. The second-order valence-corrected chi connectivity index (χ2v) is 12.6. The normalized spacial score (nSPS) is 13.8. The number of anilines is 1. The molecule has 3 heterocycles. The number of alkyl halides is 3. The van der Waals surface area contributed by atoms with E-state index < -0.39 is 11.7 Å². The highest BCUT2D eigenvalue weighted by molar-refractivity contribution is 7.98. The van der Waals surface area contributed by atoms with Gasteiger partial charge in [0.05, 0.1) is 22.0 Å². The molecule has 3 aromatic carbocycles. The Morgan fingerprint density at radius 1 is 0.909 bits per heavy atom. The summed E-state index contributed by atoms with van der Waals surface area (Å²) in [6.07, 6.45) is -4.41.